The summed E-state index contributed by atoms with van der Waals surface area (Å²) >= 11 is 0. The number of hydrogen-bond acceptors (Lipinski definition) is 1. The van der Waals surface area contributed by atoms with Crippen molar-refractivity contribution in [2.45, 2.75) is 52.6 Å². The summed E-state index contributed by atoms with van der Waals surface area (Å²) in [7, 11) is 7.05. The van der Waals surface area contributed by atoms with Crippen LogP contribution in [0.5, 0.6) is 0 Å². The highest BCUT2D eigenvalue weighted by Crippen LogP contribution is 2.52. The Hall–Kier alpha value is -2.67. The minimum absolute atomic E-state index is 0.00169. The summed E-state index contributed by atoms with van der Waals surface area (Å²) in [6, 6.07) is 34.8. The molecule has 0 saturated carbocycles. The van der Waals surface area contributed by atoms with Crippen LogP contribution in [0.2, 0.25) is 0 Å². The van der Waals surface area contributed by atoms with E-state index >= 15 is 0 Å². The van der Waals surface area contributed by atoms with Crippen molar-refractivity contribution in [3.63, 3.8) is 0 Å². The third-order valence-electron chi connectivity index (χ3n) is 6.94. The molecule has 0 heterocycles. The summed E-state index contributed by atoms with van der Waals surface area (Å²) in [6.07, 6.45) is 0.690. The first-order valence-corrected chi connectivity index (χ1v) is 14.5. The van der Waals surface area contributed by atoms with Gasteiger partial charge in [-0.2, -0.15) is 0 Å². The molecule has 0 N–H and O–H groups in total. The Balaban J connectivity index is 1.97. The second-order valence-electron chi connectivity index (χ2n) is 10.8. The highest BCUT2D eigenvalue weighted by molar-refractivity contribution is 8.13. The number of rotatable bonds is 7. The summed E-state index contributed by atoms with van der Waals surface area (Å²) in [4.78, 5) is 0. The third kappa shape index (κ3) is 5.51. The summed E-state index contributed by atoms with van der Waals surface area (Å²) in [6.45, 7) is 11.1. The maximum Gasteiger partial charge on any atom is 0.383 e. The van der Waals surface area contributed by atoms with Gasteiger partial charge in [0.2, 0.25) is 0 Å². The van der Waals surface area contributed by atoms with E-state index in [0.29, 0.717) is 0 Å². The van der Waals surface area contributed by atoms with Crippen molar-refractivity contribution < 1.29 is 4.74 Å². The first-order chi connectivity index (χ1) is 17.1. The van der Waals surface area contributed by atoms with Gasteiger partial charge >= 0.3 is 7.57 Å². The molecule has 0 aliphatic heterocycles. The van der Waals surface area contributed by atoms with Crippen LogP contribution in [0.1, 0.15) is 54.7 Å². The van der Waals surface area contributed by atoms with Gasteiger partial charge in [0.15, 0.2) is 0 Å². The van der Waals surface area contributed by atoms with Gasteiger partial charge < -0.3 is 4.74 Å². The minimum atomic E-state index is -2.43. The average Bonchev–Trinajstić information content (AvgIpc) is 2.86. The fourth-order valence-electron chi connectivity index (χ4n) is 5.06. The smallest absolute Gasteiger partial charge is 0.376 e. The molecule has 0 spiro atoms. The van der Waals surface area contributed by atoms with Crippen molar-refractivity contribution in [3.8, 4) is 0 Å². The molecule has 4 rings (SSSR count). The Bertz CT molecular complexity index is 1250. The second-order valence-corrected chi connectivity index (χ2v) is 13.8. The van der Waals surface area contributed by atoms with E-state index in [1.165, 1.54) is 43.7 Å². The lowest BCUT2D eigenvalue weighted by atomic mass is 9.86. The third-order valence-corrected chi connectivity index (χ3v) is 10.3. The number of hydrogen-bond donors (Lipinski definition) is 0. The van der Waals surface area contributed by atoms with Gasteiger partial charge in [0.05, 0.1) is 29.2 Å². The van der Waals surface area contributed by atoms with Crippen LogP contribution in [0, 0.1) is 13.8 Å². The molecule has 0 aliphatic rings. The molecule has 182 valence electrons. The zero-order chi connectivity index (χ0) is 25.9. The SMILES string of the molecule is [B][P+](c1ccccc1)(c1ccccc1)c1cc(C(C)(C)C)ccc1[C@@H](Cc1cc(C)cc(C)c1)OC. The Labute approximate surface area is 219 Å². The van der Waals surface area contributed by atoms with E-state index in [4.69, 9.17) is 12.3 Å². The first-order valence-electron chi connectivity index (χ1n) is 12.7. The van der Waals surface area contributed by atoms with E-state index in [9.17, 15) is 0 Å². The number of aryl methyl sites for hydroxylation is 2. The number of methoxy groups -OCH3 is 1. The van der Waals surface area contributed by atoms with E-state index in [0.717, 1.165) is 6.42 Å². The number of ether oxygens (including phenoxy) is 1. The molecule has 0 aromatic heterocycles. The molecule has 2 radical (unpaired) electrons. The zero-order valence-electron chi connectivity index (χ0n) is 22.5. The van der Waals surface area contributed by atoms with Crippen molar-refractivity contribution in [1.82, 2.24) is 0 Å². The van der Waals surface area contributed by atoms with Crippen LogP contribution in [0.3, 0.4) is 0 Å². The van der Waals surface area contributed by atoms with Gasteiger partial charge in [-0.15, -0.1) is 0 Å². The molecule has 0 bridgehead atoms. The van der Waals surface area contributed by atoms with Crippen LogP contribution in [0.15, 0.2) is 97.1 Å². The Morgan fingerprint density at radius 1 is 0.750 bits per heavy atom. The highest BCUT2D eigenvalue weighted by atomic mass is 31.2. The van der Waals surface area contributed by atoms with E-state index in [2.05, 4.69) is 132 Å². The Morgan fingerprint density at radius 3 is 1.75 bits per heavy atom. The quantitative estimate of drug-likeness (QED) is 0.202. The van der Waals surface area contributed by atoms with Crippen LogP contribution in [0.25, 0.3) is 0 Å². The van der Waals surface area contributed by atoms with Crippen LogP contribution in [-0.4, -0.2) is 14.7 Å². The topological polar surface area (TPSA) is 9.23 Å². The lowest BCUT2D eigenvalue weighted by molar-refractivity contribution is 0.104. The molecular weight excluding hydrogens is 454 g/mol. The predicted octanol–water partition coefficient (Wildman–Crippen LogP) is 6.91. The zero-order valence-corrected chi connectivity index (χ0v) is 23.3. The molecule has 0 unspecified atom stereocenters. The first kappa shape index (κ1) is 26.4. The summed E-state index contributed by atoms with van der Waals surface area (Å²) < 4.78 is 6.22. The molecule has 0 saturated heterocycles. The van der Waals surface area contributed by atoms with Gasteiger partial charge in [0.25, 0.3) is 0 Å². The molecular formula is C33H37BOP+. The van der Waals surface area contributed by atoms with Crippen molar-refractivity contribution in [1.29, 1.82) is 0 Å². The summed E-state index contributed by atoms with van der Waals surface area (Å²) in [5.74, 6) is 0. The van der Waals surface area contributed by atoms with E-state index in [1.54, 1.807) is 0 Å². The second kappa shape index (κ2) is 10.8. The fraction of sp³-hybridized carbons (Fsp3) is 0.273. The van der Waals surface area contributed by atoms with Crippen molar-refractivity contribution >= 4 is 30.6 Å². The fourth-order valence-corrected chi connectivity index (χ4v) is 8.17. The molecule has 4 aromatic carbocycles. The van der Waals surface area contributed by atoms with Gasteiger partial charge in [0.1, 0.15) is 0 Å². The van der Waals surface area contributed by atoms with Gasteiger partial charge in [-0.1, -0.05) is 98.6 Å². The van der Waals surface area contributed by atoms with Crippen LogP contribution in [-0.2, 0) is 16.6 Å². The van der Waals surface area contributed by atoms with E-state index < -0.39 is 7.14 Å². The van der Waals surface area contributed by atoms with Crippen LogP contribution < -0.4 is 15.9 Å². The largest absolute Gasteiger partial charge is 0.383 e. The predicted molar refractivity (Wildman–Crippen MR) is 159 cm³/mol. The Kier molecular flexibility index (Phi) is 7.89. The minimum Gasteiger partial charge on any atom is -0.376 e. The maximum absolute atomic E-state index is 7.66. The van der Waals surface area contributed by atoms with E-state index in [1.807, 2.05) is 7.11 Å². The molecule has 0 amide bonds. The lowest BCUT2D eigenvalue weighted by Gasteiger charge is -2.30. The molecule has 1 nitrogen and oxygen atoms in total. The molecule has 3 heteroatoms. The lowest BCUT2D eigenvalue weighted by Crippen LogP contribution is -2.35. The van der Waals surface area contributed by atoms with Gasteiger partial charge in [-0.25, -0.2) is 0 Å². The standard InChI is InChI=1S/C33H37BOP/c1-24-19-25(2)21-26(20-24)22-31(35-6)30-18-17-27(33(3,4)5)23-32(30)36(34,28-13-9-7-10-14-28)29-15-11-8-12-16-29/h7-21,23,31H,22H2,1-6H3/q+1/t31-/m1/s1. The Morgan fingerprint density at radius 2 is 1.28 bits per heavy atom. The van der Waals surface area contributed by atoms with Crippen LogP contribution in [0.4, 0.5) is 0 Å². The van der Waals surface area contributed by atoms with Crippen molar-refractivity contribution in [2.75, 3.05) is 7.11 Å². The van der Waals surface area contributed by atoms with Gasteiger partial charge in [0, 0.05) is 19.1 Å². The summed E-state index contributed by atoms with van der Waals surface area (Å²) in [5, 5.41) is 3.54. The van der Waals surface area contributed by atoms with Gasteiger partial charge in [-0.05, 0) is 60.7 Å². The normalized spacial score (nSPS) is 12.9. The maximum atomic E-state index is 7.66. The van der Waals surface area contributed by atoms with E-state index in [-0.39, 0.29) is 11.5 Å². The van der Waals surface area contributed by atoms with Crippen molar-refractivity contribution in [2.24, 2.45) is 0 Å². The molecule has 0 fully saturated rings. The average molecular weight is 491 g/mol. The molecule has 4 aromatic rings. The molecule has 36 heavy (non-hydrogen) atoms. The molecule has 1 atom stereocenters. The van der Waals surface area contributed by atoms with Crippen molar-refractivity contribution in [3.05, 3.63) is 125 Å². The number of benzene rings is 4. The summed E-state index contributed by atoms with van der Waals surface area (Å²) in [5.41, 5.74) is 6.29. The van der Waals surface area contributed by atoms with Crippen LogP contribution >= 0.6 is 7.14 Å². The highest BCUT2D eigenvalue weighted by Gasteiger charge is 2.43. The monoisotopic (exact) mass is 491 g/mol. The molecule has 0 aliphatic carbocycles. The van der Waals surface area contributed by atoms with Gasteiger partial charge in [-0.3, -0.25) is 0 Å².